The van der Waals surface area contributed by atoms with Crippen LogP contribution in [0.25, 0.3) is 0 Å². The van der Waals surface area contributed by atoms with E-state index >= 15 is 0 Å². The van der Waals surface area contributed by atoms with Gasteiger partial charge in [-0.1, -0.05) is 0 Å². The third kappa shape index (κ3) is 2.78. The zero-order valence-corrected chi connectivity index (χ0v) is 9.72. The molecule has 0 saturated heterocycles. The summed E-state index contributed by atoms with van der Waals surface area (Å²) in [5.41, 5.74) is 0. The van der Waals surface area contributed by atoms with Crippen molar-refractivity contribution in [3.63, 3.8) is 0 Å². The van der Waals surface area contributed by atoms with Crippen LogP contribution in [0.2, 0.25) is 0 Å². The van der Waals surface area contributed by atoms with Crippen LogP contribution in [0.3, 0.4) is 0 Å². The highest BCUT2D eigenvalue weighted by atomic mass is 19.4. The number of hydrogen-bond acceptors (Lipinski definition) is 5. The summed E-state index contributed by atoms with van der Waals surface area (Å²) in [6.07, 6.45) is -5.26. The molecule has 1 amide bonds. The van der Waals surface area contributed by atoms with Gasteiger partial charge in [-0.25, -0.2) is 4.79 Å². The molecule has 0 bridgehead atoms. The van der Waals surface area contributed by atoms with Gasteiger partial charge in [0.2, 0.25) is 5.82 Å². The van der Waals surface area contributed by atoms with E-state index < -0.39 is 18.1 Å². The van der Waals surface area contributed by atoms with E-state index in [0.29, 0.717) is 0 Å². The first kappa shape index (κ1) is 13.6. The maximum absolute atomic E-state index is 12.6. The Labute approximate surface area is 105 Å². The summed E-state index contributed by atoms with van der Waals surface area (Å²) >= 11 is 0. The third-order valence-corrected chi connectivity index (χ3v) is 2.58. The van der Waals surface area contributed by atoms with E-state index in [4.69, 9.17) is 5.11 Å². The minimum absolute atomic E-state index is 0.0502. The van der Waals surface area contributed by atoms with E-state index in [1.54, 1.807) is 0 Å². The Kier molecular flexibility index (Phi) is 3.60. The predicted octanol–water partition coefficient (Wildman–Crippen LogP) is 0.241. The summed E-state index contributed by atoms with van der Waals surface area (Å²) in [6, 6.07) is 0. The highest BCUT2D eigenvalue weighted by molar-refractivity contribution is 5.67. The van der Waals surface area contributed by atoms with Gasteiger partial charge in [-0.05, 0) is 0 Å². The lowest BCUT2D eigenvalue weighted by Crippen LogP contribution is -2.39. The Hall–Kier alpha value is -1.84. The van der Waals surface area contributed by atoms with E-state index in [2.05, 4.69) is 14.9 Å². The summed E-state index contributed by atoms with van der Waals surface area (Å²) in [4.78, 5) is 12.7. The van der Waals surface area contributed by atoms with Crippen LogP contribution in [0.1, 0.15) is 11.6 Å². The number of ether oxygens (including phenoxy) is 1. The minimum Gasteiger partial charge on any atom is -0.447 e. The summed E-state index contributed by atoms with van der Waals surface area (Å²) < 4.78 is 43.3. The van der Waals surface area contributed by atoms with Crippen molar-refractivity contribution in [2.45, 2.75) is 19.3 Å². The second kappa shape index (κ2) is 5.03. The topological polar surface area (TPSA) is 80.5 Å². The zero-order chi connectivity index (χ0) is 14.0. The van der Waals surface area contributed by atoms with Crippen molar-refractivity contribution in [3.8, 4) is 0 Å². The van der Waals surface area contributed by atoms with Gasteiger partial charge in [0.1, 0.15) is 6.61 Å². The fraction of sp³-hybridized carbons (Fsp3) is 0.667. The van der Waals surface area contributed by atoms with Gasteiger partial charge < -0.3 is 14.4 Å². The molecule has 0 spiro atoms. The van der Waals surface area contributed by atoms with Gasteiger partial charge in [0.05, 0.1) is 13.2 Å². The molecule has 10 heteroatoms. The Morgan fingerprint density at radius 2 is 2.11 bits per heavy atom. The van der Waals surface area contributed by atoms with Crippen LogP contribution in [0.15, 0.2) is 0 Å². The molecule has 7 nitrogen and oxygen atoms in total. The molecule has 1 aliphatic heterocycles. The molecule has 0 atom stereocenters. The maximum atomic E-state index is 12.6. The second-order valence-corrected chi connectivity index (χ2v) is 3.85. The molecule has 2 rings (SSSR count). The number of aliphatic hydroxyl groups is 1. The zero-order valence-electron chi connectivity index (χ0n) is 9.72. The fourth-order valence-corrected chi connectivity index (χ4v) is 1.75. The number of halogens is 3. The first-order valence-corrected chi connectivity index (χ1v) is 5.45. The summed E-state index contributed by atoms with van der Waals surface area (Å²) in [6.45, 7) is -0.555. The van der Waals surface area contributed by atoms with Crippen LogP contribution in [0.5, 0.6) is 0 Å². The van der Waals surface area contributed by atoms with Gasteiger partial charge in [0, 0.05) is 13.1 Å². The molecular formula is C9H11F3N4O3. The molecule has 0 aromatic carbocycles. The Bertz CT molecular complexity index is 474. The van der Waals surface area contributed by atoms with E-state index in [9.17, 15) is 18.0 Å². The van der Waals surface area contributed by atoms with Crippen LogP contribution in [0, 0.1) is 0 Å². The van der Waals surface area contributed by atoms with Crippen LogP contribution in [-0.4, -0.2) is 50.6 Å². The van der Waals surface area contributed by atoms with Crippen LogP contribution in [0.4, 0.5) is 18.0 Å². The molecule has 1 aromatic heterocycles. The standard InChI is InChI=1S/C9H11F3N4O3/c10-9(11,12)7-14-13-6-5-15(1-2-16(6)7)8(18)19-4-3-17/h17H,1-5H2. The molecular weight excluding hydrogens is 269 g/mol. The van der Waals surface area contributed by atoms with Crippen molar-refractivity contribution in [2.24, 2.45) is 0 Å². The first-order chi connectivity index (χ1) is 8.93. The predicted molar refractivity (Wildman–Crippen MR) is 53.9 cm³/mol. The molecule has 0 fully saturated rings. The summed E-state index contributed by atoms with van der Waals surface area (Å²) in [5, 5.41) is 15.0. The lowest BCUT2D eigenvalue weighted by atomic mass is 10.3. The molecule has 2 heterocycles. The highest BCUT2D eigenvalue weighted by Gasteiger charge is 2.40. The average molecular weight is 280 g/mol. The van der Waals surface area contributed by atoms with Gasteiger partial charge >= 0.3 is 12.3 Å². The van der Waals surface area contributed by atoms with E-state index in [-0.39, 0.29) is 38.7 Å². The molecule has 19 heavy (non-hydrogen) atoms. The SMILES string of the molecule is O=C(OCCO)N1CCn2c(nnc2C(F)(F)F)C1. The number of carbonyl (C=O) groups excluding carboxylic acids is 1. The molecule has 0 radical (unpaired) electrons. The average Bonchev–Trinajstić information content (AvgIpc) is 2.78. The number of hydrogen-bond donors (Lipinski definition) is 1. The van der Waals surface area contributed by atoms with Crippen molar-refractivity contribution < 1.29 is 27.8 Å². The number of rotatable bonds is 2. The van der Waals surface area contributed by atoms with Gasteiger partial charge in [-0.3, -0.25) is 4.90 Å². The van der Waals surface area contributed by atoms with Crippen LogP contribution < -0.4 is 0 Å². The number of amides is 1. The quantitative estimate of drug-likeness (QED) is 0.839. The lowest BCUT2D eigenvalue weighted by molar-refractivity contribution is -0.147. The lowest BCUT2D eigenvalue weighted by Gasteiger charge is -2.27. The molecule has 0 saturated carbocycles. The number of carbonyl (C=O) groups is 1. The normalized spacial score (nSPS) is 15.3. The molecule has 1 N–H and O–H groups in total. The third-order valence-electron chi connectivity index (χ3n) is 2.58. The second-order valence-electron chi connectivity index (χ2n) is 3.85. The van der Waals surface area contributed by atoms with Gasteiger partial charge in [0.15, 0.2) is 5.82 Å². The Balaban J connectivity index is 2.09. The molecule has 1 aliphatic rings. The summed E-state index contributed by atoms with van der Waals surface area (Å²) in [5.74, 6) is -1.01. The highest BCUT2D eigenvalue weighted by Crippen LogP contribution is 2.29. The van der Waals surface area contributed by atoms with E-state index in [1.165, 1.54) is 4.90 Å². The molecule has 1 aromatic rings. The summed E-state index contributed by atoms with van der Waals surface area (Å²) in [7, 11) is 0. The fourth-order valence-electron chi connectivity index (χ4n) is 1.75. The largest absolute Gasteiger partial charge is 0.451 e. The first-order valence-electron chi connectivity index (χ1n) is 5.45. The number of aromatic nitrogens is 3. The van der Waals surface area contributed by atoms with E-state index in [1.807, 2.05) is 0 Å². The number of aliphatic hydroxyl groups excluding tert-OH is 1. The van der Waals surface area contributed by atoms with Crippen molar-refractivity contribution in [1.82, 2.24) is 19.7 Å². The number of alkyl halides is 3. The van der Waals surface area contributed by atoms with Gasteiger partial charge in [-0.15, -0.1) is 10.2 Å². The van der Waals surface area contributed by atoms with Crippen LogP contribution >= 0.6 is 0 Å². The number of fused-ring (bicyclic) bond motifs is 1. The molecule has 0 unspecified atom stereocenters. The Morgan fingerprint density at radius 3 is 2.74 bits per heavy atom. The number of nitrogens with zero attached hydrogens (tertiary/aromatic N) is 4. The Morgan fingerprint density at radius 1 is 1.37 bits per heavy atom. The van der Waals surface area contributed by atoms with Gasteiger partial charge in [-0.2, -0.15) is 13.2 Å². The van der Waals surface area contributed by atoms with Crippen molar-refractivity contribution in [2.75, 3.05) is 19.8 Å². The van der Waals surface area contributed by atoms with Crippen LogP contribution in [-0.2, 0) is 24.0 Å². The monoisotopic (exact) mass is 280 g/mol. The smallest absolute Gasteiger partial charge is 0.447 e. The molecule has 106 valence electrons. The van der Waals surface area contributed by atoms with Crippen molar-refractivity contribution in [1.29, 1.82) is 0 Å². The minimum atomic E-state index is -4.56. The molecule has 0 aliphatic carbocycles. The van der Waals surface area contributed by atoms with E-state index in [0.717, 1.165) is 4.57 Å². The van der Waals surface area contributed by atoms with Crippen molar-refractivity contribution >= 4 is 6.09 Å². The maximum Gasteiger partial charge on any atom is 0.451 e. The van der Waals surface area contributed by atoms with Gasteiger partial charge in [0.25, 0.3) is 0 Å². The van der Waals surface area contributed by atoms with Crippen molar-refractivity contribution in [3.05, 3.63) is 11.6 Å².